The number of nitrogens with zero attached hydrogens (tertiary/aromatic N) is 1. The highest BCUT2D eigenvalue weighted by molar-refractivity contribution is 8.00. The lowest BCUT2D eigenvalue weighted by molar-refractivity contribution is 0.102. The third-order valence-corrected chi connectivity index (χ3v) is 9.57. The second-order valence-electron chi connectivity index (χ2n) is 7.23. The van der Waals surface area contributed by atoms with Crippen LogP contribution >= 0.6 is 23.1 Å². The van der Waals surface area contributed by atoms with Gasteiger partial charge < -0.3 is 5.32 Å². The first-order valence-corrected chi connectivity index (χ1v) is 12.9. The molecule has 2 aromatic rings. The second-order valence-corrected chi connectivity index (χ2v) is 11.4. The van der Waals surface area contributed by atoms with E-state index in [4.69, 9.17) is 0 Å². The minimum Gasteiger partial charge on any atom is -0.321 e. The third-order valence-electron chi connectivity index (χ3n) is 5.24. The van der Waals surface area contributed by atoms with Gasteiger partial charge in [-0.05, 0) is 61.4 Å². The van der Waals surface area contributed by atoms with Gasteiger partial charge in [-0.25, -0.2) is 8.42 Å². The maximum Gasteiger partial charge on any atom is 0.267 e. The molecular formula is C20H24N2O3S3. The molecule has 8 heteroatoms. The van der Waals surface area contributed by atoms with E-state index in [1.54, 1.807) is 5.38 Å². The van der Waals surface area contributed by atoms with Crippen LogP contribution in [0.4, 0.5) is 5.69 Å². The Morgan fingerprint density at radius 2 is 1.71 bits per heavy atom. The maximum absolute atomic E-state index is 12.8. The quantitative estimate of drug-likeness (QED) is 0.705. The van der Waals surface area contributed by atoms with E-state index in [1.165, 1.54) is 52.3 Å². The minimum absolute atomic E-state index is 0.116. The van der Waals surface area contributed by atoms with E-state index in [9.17, 15) is 13.2 Å². The lowest BCUT2D eigenvalue weighted by atomic mass is 10.3. The van der Waals surface area contributed by atoms with Crippen LogP contribution in [0.15, 0.2) is 45.5 Å². The molecule has 28 heavy (non-hydrogen) atoms. The van der Waals surface area contributed by atoms with Crippen molar-refractivity contribution in [2.24, 2.45) is 0 Å². The Balaban J connectivity index is 1.45. The van der Waals surface area contributed by atoms with Crippen LogP contribution < -0.4 is 5.32 Å². The Bertz CT molecular complexity index is 926. The normalized spacial score (nSPS) is 18.6. The summed E-state index contributed by atoms with van der Waals surface area (Å²) in [6.45, 7) is 1.05. The summed E-state index contributed by atoms with van der Waals surface area (Å²) in [5.74, 6) is -0.371. The molecule has 1 aromatic carbocycles. The molecule has 0 bridgehead atoms. The van der Waals surface area contributed by atoms with Crippen molar-refractivity contribution < 1.29 is 13.2 Å². The molecule has 0 unspecified atom stereocenters. The van der Waals surface area contributed by atoms with Crippen molar-refractivity contribution in [3.63, 3.8) is 0 Å². The Morgan fingerprint density at radius 1 is 1.04 bits per heavy atom. The van der Waals surface area contributed by atoms with Crippen LogP contribution in [0.25, 0.3) is 0 Å². The number of rotatable bonds is 6. The van der Waals surface area contributed by atoms with E-state index in [0.717, 1.165) is 12.8 Å². The first-order valence-electron chi connectivity index (χ1n) is 9.70. The summed E-state index contributed by atoms with van der Waals surface area (Å²) in [5.41, 5.74) is 0.679. The number of thioether (sulfide) groups is 1. The van der Waals surface area contributed by atoms with Gasteiger partial charge >= 0.3 is 0 Å². The van der Waals surface area contributed by atoms with Gasteiger partial charge in [0.2, 0.25) is 10.0 Å². The van der Waals surface area contributed by atoms with Crippen molar-refractivity contribution in [1.82, 2.24) is 4.31 Å². The molecular weight excluding hydrogens is 412 g/mol. The fraction of sp³-hybridized carbons (Fsp3) is 0.450. The molecule has 0 atom stereocenters. The average Bonchev–Trinajstić information content (AvgIpc) is 3.45. The Labute approximate surface area is 174 Å². The number of hydrogen-bond donors (Lipinski definition) is 1. The molecule has 1 aliphatic carbocycles. The molecule has 1 aliphatic heterocycles. The van der Waals surface area contributed by atoms with Gasteiger partial charge in [0, 0.05) is 28.9 Å². The van der Waals surface area contributed by atoms with Crippen molar-refractivity contribution in [2.75, 3.05) is 18.4 Å². The molecule has 0 radical (unpaired) electrons. The lowest BCUT2D eigenvalue weighted by Crippen LogP contribution is -2.29. The molecule has 1 saturated carbocycles. The second kappa shape index (κ2) is 8.57. The van der Waals surface area contributed by atoms with Gasteiger partial charge in [-0.15, -0.1) is 23.1 Å². The summed E-state index contributed by atoms with van der Waals surface area (Å²) >= 11 is 3.07. The summed E-state index contributed by atoms with van der Waals surface area (Å²) in [6, 6.07) is 9.35. The highest BCUT2D eigenvalue weighted by atomic mass is 32.2. The van der Waals surface area contributed by atoms with Gasteiger partial charge in [0.05, 0.1) is 0 Å². The van der Waals surface area contributed by atoms with E-state index in [0.29, 0.717) is 24.0 Å². The van der Waals surface area contributed by atoms with Gasteiger partial charge in [0.25, 0.3) is 5.91 Å². The first kappa shape index (κ1) is 19.9. The summed E-state index contributed by atoms with van der Waals surface area (Å²) in [4.78, 5) is 14.3. The SMILES string of the molecule is O=C(Nc1ccc(SC2CCCC2)cc1)c1sccc1S(=O)(=O)N1CCCC1. The number of carbonyl (C=O) groups excluding carboxylic acids is 1. The van der Waals surface area contributed by atoms with Crippen LogP contribution in [0.2, 0.25) is 0 Å². The van der Waals surface area contributed by atoms with Gasteiger partial charge in [-0.2, -0.15) is 4.31 Å². The highest BCUT2D eigenvalue weighted by Crippen LogP contribution is 2.35. The monoisotopic (exact) mass is 436 g/mol. The molecule has 2 fully saturated rings. The van der Waals surface area contributed by atoms with Crippen LogP contribution in [0.5, 0.6) is 0 Å². The van der Waals surface area contributed by atoms with E-state index in [-0.39, 0.29) is 15.7 Å². The molecule has 1 amide bonds. The van der Waals surface area contributed by atoms with E-state index in [1.807, 2.05) is 36.0 Å². The zero-order chi connectivity index (χ0) is 19.6. The predicted molar refractivity (Wildman–Crippen MR) is 115 cm³/mol. The molecule has 4 rings (SSSR count). The average molecular weight is 437 g/mol. The summed E-state index contributed by atoms with van der Waals surface area (Å²) in [5, 5.41) is 5.21. The molecule has 5 nitrogen and oxygen atoms in total. The van der Waals surface area contributed by atoms with Crippen molar-refractivity contribution in [3.05, 3.63) is 40.6 Å². The van der Waals surface area contributed by atoms with Crippen molar-refractivity contribution in [1.29, 1.82) is 0 Å². The minimum atomic E-state index is -3.60. The fourth-order valence-electron chi connectivity index (χ4n) is 3.74. The van der Waals surface area contributed by atoms with Crippen LogP contribution in [-0.2, 0) is 10.0 Å². The smallest absolute Gasteiger partial charge is 0.267 e. The summed E-state index contributed by atoms with van der Waals surface area (Å²) in [7, 11) is -3.60. The van der Waals surface area contributed by atoms with Crippen LogP contribution in [0.1, 0.15) is 48.2 Å². The molecule has 150 valence electrons. The van der Waals surface area contributed by atoms with E-state index < -0.39 is 10.0 Å². The zero-order valence-electron chi connectivity index (χ0n) is 15.6. The van der Waals surface area contributed by atoms with E-state index in [2.05, 4.69) is 5.32 Å². The van der Waals surface area contributed by atoms with Gasteiger partial charge in [0.1, 0.15) is 9.77 Å². The molecule has 1 saturated heterocycles. The Morgan fingerprint density at radius 3 is 2.39 bits per heavy atom. The highest BCUT2D eigenvalue weighted by Gasteiger charge is 2.31. The molecule has 0 spiro atoms. The van der Waals surface area contributed by atoms with Crippen molar-refractivity contribution in [2.45, 2.75) is 53.6 Å². The summed E-state index contributed by atoms with van der Waals surface area (Å²) < 4.78 is 27.1. The fourth-order valence-corrected chi connectivity index (χ4v) is 7.80. The number of nitrogens with one attached hydrogen (secondary N) is 1. The number of anilines is 1. The third kappa shape index (κ3) is 4.30. The lowest BCUT2D eigenvalue weighted by Gasteiger charge is -2.15. The molecule has 1 N–H and O–H groups in total. The van der Waals surface area contributed by atoms with Crippen molar-refractivity contribution in [3.8, 4) is 0 Å². The molecule has 2 aliphatic rings. The predicted octanol–water partition coefficient (Wildman–Crippen LogP) is 4.82. The maximum atomic E-state index is 12.8. The number of carbonyl (C=O) groups is 1. The van der Waals surface area contributed by atoms with E-state index >= 15 is 0 Å². The van der Waals surface area contributed by atoms with Crippen LogP contribution in [0.3, 0.4) is 0 Å². The van der Waals surface area contributed by atoms with Crippen LogP contribution in [0, 0.1) is 0 Å². The van der Waals surface area contributed by atoms with Gasteiger partial charge in [-0.3, -0.25) is 4.79 Å². The standard InChI is InChI=1S/C20H24N2O3S3/c23-20(19-18(11-14-26-19)28(24,25)22-12-3-4-13-22)21-15-7-9-17(10-8-15)27-16-5-1-2-6-16/h7-11,14,16H,1-6,12-13H2,(H,21,23). The zero-order valence-corrected chi connectivity index (χ0v) is 18.0. The number of thiophene rings is 1. The summed E-state index contributed by atoms with van der Waals surface area (Å²) in [6.07, 6.45) is 6.92. The topological polar surface area (TPSA) is 66.5 Å². The number of hydrogen-bond acceptors (Lipinski definition) is 5. The van der Waals surface area contributed by atoms with Gasteiger partial charge in [0.15, 0.2) is 0 Å². The number of amides is 1. The van der Waals surface area contributed by atoms with Crippen LogP contribution in [-0.4, -0.2) is 37.0 Å². The Kier molecular flexibility index (Phi) is 6.10. The molecule has 2 heterocycles. The first-order chi connectivity index (χ1) is 13.5. The largest absolute Gasteiger partial charge is 0.321 e. The van der Waals surface area contributed by atoms with Crippen molar-refractivity contribution >= 4 is 44.7 Å². The molecule has 1 aromatic heterocycles. The number of benzene rings is 1. The van der Waals surface area contributed by atoms with Gasteiger partial charge in [-0.1, -0.05) is 12.8 Å². The Hall–Kier alpha value is -1.35. The number of sulfonamides is 1.